The second-order valence-corrected chi connectivity index (χ2v) is 4.68. The zero-order valence-corrected chi connectivity index (χ0v) is 10.1. The van der Waals surface area contributed by atoms with Crippen molar-refractivity contribution in [3.63, 3.8) is 0 Å². The van der Waals surface area contributed by atoms with Crippen LogP contribution in [-0.4, -0.2) is 28.8 Å². The van der Waals surface area contributed by atoms with E-state index in [9.17, 15) is 14.9 Å². The summed E-state index contributed by atoms with van der Waals surface area (Å²) in [6, 6.07) is 4.12. The van der Waals surface area contributed by atoms with Crippen LogP contribution in [0.2, 0.25) is 0 Å². The highest BCUT2D eigenvalue weighted by Gasteiger charge is 2.25. The zero-order valence-electron chi connectivity index (χ0n) is 10.1. The molecule has 0 aromatic heterocycles. The van der Waals surface area contributed by atoms with E-state index in [4.69, 9.17) is 5.73 Å². The number of nitro benzene ring substituents is 1. The molecule has 0 saturated carbocycles. The molecule has 1 aromatic rings. The molecule has 0 aliphatic carbocycles. The lowest BCUT2D eigenvalue weighted by Gasteiger charge is -2.16. The molecule has 0 spiro atoms. The number of nitrogen functional groups attached to an aromatic ring is 1. The van der Waals surface area contributed by atoms with Crippen molar-refractivity contribution in [2.75, 3.05) is 18.8 Å². The quantitative estimate of drug-likeness (QED) is 0.490. The van der Waals surface area contributed by atoms with Gasteiger partial charge in [-0.15, -0.1) is 0 Å². The molecule has 1 atom stereocenters. The third-order valence-electron chi connectivity index (χ3n) is 3.18. The first-order chi connectivity index (χ1) is 8.49. The lowest BCUT2D eigenvalue weighted by Crippen LogP contribution is -2.28. The molecule has 2 rings (SSSR count). The first kappa shape index (κ1) is 12.3. The SMILES string of the molecule is CC1CCN(C(=O)c2ccc([N+](=O)[O-])c(N)c2)C1. The topological polar surface area (TPSA) is 89.5 Å². The molecular formula is C12H15N3O3. The third kappa shape index (κ3) is 2.27. The maximum Gasteiger partial charge on any atom is 0.292 e. The number of nitro groups is 1. The van der Waals surface area contributed by atoms with Crippen molar-refractivity contribution in [2.45, 2.75) is 13.3 Å². The van der Waals surface area contributed by atoms with Crippen LogP contribution in [0.5, 0.6) is 0 Å². The molecule has 2 N–H and O–H groups in total. The van der Waals surface area contributed by atoms with Crippen LogP contribution < -0.4 is 5.73 Å². The van der Waals surface area contributed by atoms with Crippen LogP contribution in [0.25, 0.3) is 0 Å². The van der Waals surface area contributed by atoms with E-state index in [0.717, 1.165) is 19.5 Å². The van der Waals surface area contributed by atoms with Gasteiger partial charge in [-0.25, -0.2) is 0 Å². The van der Waals surface area contributed by atoms with Crippen molar-refractivity contribution in [1.82, 2.24) is 4.90 Å². The molecule has 1 aliphatic heterocycles. The summed E-state index contributed by atoms with van der Waals surface area (Å²) < 4.78 is 0. The minimum absolute atomic E-state index is 0.0260. The number of anilines is 1. The van der Waals surface area contributed by atoms with E-state index < -0.39 is 4.92 Å². The Morgan fingerprint density at radius 3 is 2.78 bits per heavy atom. The molecule has 0 bridgehead atoms. The Hall–Kier alpha value is -2.11. The van der Waals surface area contributed by atoms with Crippen LogP contribution in [0.3, 0.4) is 0 Å². The second-order valence-electron chi connectivity index (χ2n) is 4.68. The highest BCUT2D eigenvalue weighted by atomic mass is 16.6. The number of likely N-dealkylation sites (tertiary alicyclic amines) is 1. The summed E-state index contributed by atoms with van der Waals surface area (Å²) in [4.78, 5) is 24.0. The van der Waals surface area contributed by atoms with Gasteiger partial charge < -0.3 is 10.6 Å². The van der Waals surface area contributed by atoms with E-state index in [1.165, 1.54) is 18.2 Å². The van der Waals surface area contributed by atoms with Gasteiger partial charge in [0.1, 0.15) is 5.69 Å². The number of hydrogen-bond donors (Lipinski definition) is 1. The van der Waals surface area contributed by atoms with Crippen molar-refractivity contribution in [2.24, 2.45) is 5.92 Å². The third-order valence-corrected chi connectivity index (χ3v) is 3.18. The van der Waals surface area contributed by atoms with E-state index in [1.54, 1.807) is 4.90 Å². The molecule has 1 aliphatic rings. The fourth-order valence-electron chi connectivity index (χ4n) is 2.16. The minimum atomic E-state index is -0.554. The number of amides is 1. The molecule has 1 amide bonds. The maximum atomic E-state index is 12.1. The number of carbonyl (C=O) groups is 1. The van der Waals surface area contributed by atoms with Gasteiger partial charge >= 0.3 is 0 Å². The van der Waals surface area contributed by atoms with Crippen molar-refractivity contribution in [1.29, 1.82) is 0 Å². The average molecular weight is 249 g/mol. The van der Waals surface area contributed by atoms with Gasteiger partial charge in [0.25, 0.3) is 11.6 Å². The standard InChI is InChI=1S/C12H15N3O3/c1-8-4-5-14(7-8)12(16)9-2-3-11(15(17)18)10(13)6-9/h2-3,6,8H,4-5,7,13H2,1H3. The fraction of sp³-hybridized carbons (Fsp3) is 0.417. The van der Waals surface area contributed by atoms with E-state index >= 15 is 0 Å². The van der Waals surface area contributed by atoms with E-state index in [1.807, 2.05) is 0 Å². The Balaban J connectivity index is 2.21. The smallest absolute Gasteiger partial charge is 0.292 e. The Kier molecular flexibility index (Phi) is 3.18. The number of nitrogens with zero attached hydrogens (tertiary/aromatic N) is 2. The van der Waals surface area contributed by atoms with Crippen molar-refractivity contribution < 1.29 is 9.72 Å². The van der Waals surface area contributed by atoms with Crippen LogP contribution in [0.4, 0.5) is 11.4 Å². The monoisotopic (exact) mass is 249 g/mol. The maximum absolute atomic E-state index is 12.1. The predicted octanol–water partition coefficient (Wildman–Crippen LogP) is 1.66. The Labute approximate surface area is 105 Å². The lowest BCUT2D eigenvalue weighted by atomic mass is 10.1. The van der Waals surface area contributed by atoms with Crippen molar-refractivity contribution >= 4 is 17.3 Å². The Bertz CT molecular complexity index is 501. The first-order valence-electron chi connectivity index (χ1n) is 5.82. The summed E-state index contributed by atoms with van der Waals surface area (Å²) in [5.41, 5.74) is 5.84. The van der Waals surface area contributed by atoms with E-state index in [-0.39, 0.29) is 17.3 Å². The molecule has 1 fully saturated rings. The first-order valence-corrected chi connectivity index (χ1v) is 5.82. The molecule has 1 saturated heterocycles. The summed E-state index contributed by atoms with van der Waals surface area (Å²) in [5, 5.41) is 10.6. The number of rotatable bonds is 2. The van der Waals surface area contributed by atoms with Gasteiger partial charge in [-0.3, -0.25) is 14.9 Å². The van der Waals surface area contributed by atoms with Gasteiger partial charge in [-0.1, -0.05) is 6.92 Å². The van der Waals surface area contributed by atoms with Crippen LogP contribution in [0, 0.1) is 16.0 Å². The molecular weight excluding hydrogens is 234 g/mol. The number of carbonyl (C=O) groups excluding carboxylic acids is 1. The average Bonchev–Trinajstić information content (AvgIpc) is 2.74. The molecule has 1 heterocycles. The summed E-state index contributed by atoms with van der Waals surface area (Å²) in [6.45, 7) is 3.56. The molecule has 96 valence electrons. The minimum Gasteiger partial charge on any atom is -0.393 e. The normalized spacial score (nSPS) is 18.9. The Morgan fingerprint density at radius 1 is 1.56 bits per heavy atom. The zero-order chi connectivity index (χ0) is 13.3. The predicted molar refractivity (Wildman–Crippen MR) is 67.2 cm³/mol. The van der Waals surface area contributed by atoms with Crippen LogP contribution in [0.1, 0.15) is 23.7 Å². The molecule has 1 unspecified atom stereocenters. The largest absolute Gasteiger partial charge is 0.393 e. The molecule has 6 nitrogen and oxygen atoms in total. The van der Waals surface area contributed by atoms with Gasteiger partial charge in [0.2, 0.25) is 0 Å². The van der Waals surface area contributed by atoms with E-state index in [2.05, 4.69) is 6.92 Å². The highest BCUT2D eigenvalue weighted by molar-refractivity contribution is 5.95. The van der Waals surface area contributed by atoms with Crippen LogP contribution >= 0.6 is 0 Å². The summed E-state index contributed by atoms with van der Waals surface area (Å²) >= 11 is 0. The summed E-state index contributed by atoms with van der Waals surface area (Å²) in [5.74, 6) is 0.394. The van der Waals surface area contributed by atoms with Crippen molar-refractivity contribution in [3.05, 3.63) is 33.9 Å². The van der Waals surface area contributed by atoms with Gasteiger partial charge in [0.05, 0.1) is 4.92 Å². The highest BCUT2D eigenvalue weighted by Crippen LogP contribution is 2.24. The Morgan fingerprint density at radius 2 is 2.28 bits per heavy atom. The summed E-state index contributed by atoms with van der Waals surface area (Å²) in [6.07, 6.45) is 0.994. The van der Waals surface area contributed by atoms with E-state index in [0.29, 0.717) is 11.5 Å². The number of benzene rings is 1. The summed E-state index contributed by atoms with van der Waals surface area (Å²) in [7, 11) is 0. The van der Waals surface area contributed by atoms with Gasteiger partial charge in [0, 0.05) is 24.7 Å². The van der Waals surface area contributed by atoms with Crippen LogP contribution in [-0.2, 0) is 0 Å². The van der Waals surface area contributed by atoms with Crippen LogP contribution in [0.15, 0.2) is 18.2 Å². The molecule has 1 aromatic carbocycles. The van der Waals surface area contributed by atoms with Crippen molar-refractivity contribution in [3.8, 4) is 0 Å². The van der Waals surface area contributed by atoms with Gasteiger partial charge in [-0.05, 0) is 24.5 Å². The van der Waals surface area contributed by atoms with Gasteiger partial charge in [-0.2, -0.15) is 0 Å². The second kappa shape index (κ2) is 4.64. The molecule has 6 heteroatoms. The number of hydrogen-bond acceptors (Lipinski definition) is 4. The number of nitrogens with two attached hydrogens (primary N) is 1. The molecule has 18 heavy (non-hydrogen) atoms. The molecule has 0 radical (unpaired) electrons. The fourth-order valence-corrected chi connectivity index (χ4v) is 2.16. The lowest BCUT2D eigenvalue weighted by molar-refractivity contribution is -0.383. The van der Waals surface area contributed by atoms with Gasteiger partial charge in [0.15, 0.2) is 0 Å².